The Morgan fingerprint density at radius 2 is 1.03 bits per heavy atom. The van der Waals surface area contributed by atoms with Crippen molar-refractivity contribution >= 4 is 30.4 Å². The molecule has 3 heteroatoms. The summed E-state index contributed by atoms with van der Waals surface area (Å²) in [6, 6.07) is 26.6. The van der Waals surface area contributed by atoms with Gasteiger partial charge in [0.05, 0.1) is 11.6 Å². The average molecular weight is 496 g/mol. The summed E-state index contributed by atoms with van der Waals surface area (Å²) in [5.74, 6) is 0. The summed E-state index contributed by atoms with van der Waals surface area (Å²) in [6.45, 7) is 13.1. The molecular formula is C35H33N3. The fourth-order valence-electron chi connectivity index (χ4n) is 3.96. The molecule has 3 nitrogen and oxygen atoms in total. The van der Waals surface area contributed by atoms with Crippen LogP contribution in [-0.2, 0) is 10.8 Å². The molecule has 0 unspecified atom stereocenters. The molecule has 0 aliphatic rings. The van der Waals surface area contributed by atoms with Gasteiger partial charge in [-0.15, -0.1) is 0 Å². The fraction of sp³-hybridized carbons (Fsp3) is 0.229. The van der Waals surface area contributed by atoms with Crippen molar-refractivity contribution in [2.45, 2.75) is 52.4 Å². The number of benzene rings is 3. The molecule has 0 aliphatic carbocycles. The lowest BCUT2D eigenvalue weighted by Crippen LogP contribution is -2.10. The molecular weight excluding hydrogens is 462 g/mol. The molecule has 0 radical (unpaired) electrons. The Bertz CT molecular complexity index is 1500. The molecule has 0 heterocycles. The molecule has 0 aliphatic heterocycles. The summed E-state index contributed by atoms with van der Waals surface area (Å²) in [4.78, 5) is 0. The van der Waals surface area contributed by atoms with Crippen LogP contribution in [0.15, 0.2) is 66.2 Å². The summed E-state index contributed by atoms with van der Waals surface area (Å²) in [7, 11) is 0. The minimum atomic E-state index is 0.00610. The molecule has 3 aromatic carbocycles. The highest BCUT2D eigenvalue weighted by molar-refractivity contribution is 5.82. The summed E-state index contributed by atoms with van der Waals surface area (Å²) in [6.07, 6.45) is 9.34. The topological polar surface area (TPSA) is 71.4 Å². The van der Waals surface area contributed by atoms with Crippen LogP contribution in [-0.4, -0.2) is 0 Å². The van der Waals surface area contributed by atoms with Gasteiger partial charge in [-0.05, 0) is 68.0 Å². The first kappa shape index (κ1) is 27.9. The molecule has 0 saturated carbocycles. The van der Waals surface area contributed by atoms with Gasteiger partial charge in [0.2, 0.25) is 0 Å². The third kappa shape index (κ3) is 7.20. The number of hydrogen-bond acceptors (Lipinski definition) is 3. The highest BCUT2D eigenvalue weighted by atomic mass is 14.3. The van der Waals surface area contributed by atoms with E-state index in [0.29, 0.717) is 11.1 Å². The van der Waals surface area contributed by atoms with Gasteiger partial charge in [-0.1, -0.05) is 114 Å². The standard InChI is InChI=1S/C35H33N3/c1-34(2,3)32-15-9-25(10-16-32)7-13-28-21-31(24-38)29(20-30(28)19-27(22-36)23-37)14-8-26-11-17-33(18-12-26)35(4,5)6/h7-21H,1-6H3/b13-7+,14-8+. The smallest absolute Gasteiger partial charge is 0.130 e. The Hall–Kier alpha value is -4.65. The first-order valence-corrected chi connectivity index (χ1v) is 12.6. The lowest BCUT2D eigenvalue weighted by molar-refractivity contribution is 0.590. The van der Waals surface area contributed by atoms with Crippen molar-refractivity contribution in [3.63, 3.8) is 0 Å². The maximum absolute atomic E-state index is 9.90. The molecule has 0 aromatic heterocycles. The van der Waals surface area contributed by atoms with Crippen LogP contribution in [0.3, 0.4) is 0 Å². The van der Waals surface area contributed by atoms with Gasteiger partial charge in [0.15, 0.2) is 0 Å². The lowest BCUT2D eigenvalue weighted by atomic mass is 9.86. The molecule has 188 valence electrons. The Labute approximate surface area is 227 Å². The van der Waals surface area contributed by atoms with Crippen molar-refractivity contribution in [2.75, 3.05) is 0 Å². The van der Waals surface area contributed by atoms with Crippen LogP contribution >= 0.6 is 0 Å². The van der Waals surface area contributed by atoms with Crippen LogP contribution in [0.1, 0.15) is 86.1 Å². The monoisotopic (exact) mass is 495 g/mol. The van der Waals surface area contributed by atoms with Gasteiger partial charge in [0, 0.05) is 0 Å². The number of rotatable bonds is 5. The van der Waals surface area contributed by atoms with Gasteiger partial charge in [-0.3, -0.25) is 0 Å². The molecule has 0 atom stereocenters. The van der Waals surface area contributed by atoms with E-state index in [9.17, 15) is 15.8 Å². The van der Waals surface area contributed by atoms with Crippen molar-refractivity contribution in [3.05, 3.63) is 111 Å². The Morgan fingerprint density at radius 3 is 1.42 bits per heavy atom. The van der Waals surface area contributed by atoms with Crippen molar-refractivity contribution in [2.24, 2.45) is 0 Å². The predicted molar refractivity (Wildman–Crippen MR) is 158 cm³/mol. The molecule has 0 spiro atoms. The first-order chi connectivity index (χ1) is 17.9. The van der Waals surface area contributed by atoms with E-state index in [2.05, 4.69) is 96.1 Å². The number of nitriles is 3. The Morgan fingerprint density at radius 1 is 0.579 bits per heavy atom. The Balaban J connectivity index is 2.02. The average Bonchev–Trinajstić information content (AvgIpc) is 2.89. The Kier molecular flexibility index (Phi) is 8.53. The minimum absolute atomic E-state index is 0.00610. The van der Waals surface area contributed by atoms with Gasteiger partial charge >= 0.3 is 0 Å². The van der Waals surface area contributed by atoms with E-state index < -0.39 is 0 Å². The van der Waals surface area contributed by atoms with Crippen LogP contribution in [0.2, 0.25) is 0 Å². The zero-order valence-corrected chi connectivity index (χ0v) is 23.0. The molecule has 0 amide bonds. The van der Waals surface area contributed by atoms with E-state index in [1.54, 1.807) is 12.1 Å². The number of hydrogen-bond donors (Lipinski definition) is 0. The van der Waals surface area contributed by atoms with Crippen molar-refractivity contribution in [3.8, 4) is 18.2 Å². The normalized spacial score (nSPS) is 11.7. The molecule has 0 saturated heterocycles. The van der Waals surface area contributed by atoms with Gasteiger partial charge in [0.1, 0.15) is 17.7 Å². The molecule has 3 aromatic rings. The number of allylic oxidation sites excluding steroid dienone is 1. The van der Waals surface area contributed by atoms with Crippen molar-refractivity contribution in [1.29, 1.82) is 15.8 Å². The van der Waals surface area contributed by atoms with Crippen LogP contribution in [0.4, 0.5) is 0 Å². The second-order valence-electron chi connectivity index (χ2n) is 11.4. The van der Waals surface area contributed by atoms with Crippen LogP contribution in [0.5, 0.6) is 0 Å². The van der Waals surface area contributed by atoms with Gasteiger partial charge < -0.3 is 0 Å². The van der Waals surface area contributed by atoms with Crippen LogP contribution in [0, 0.1) is 34.0 Å². The van der Waals surface area contributed by atoms with E-state index >= 15 is 0 Å². The third-order valence-corrected chi connectivity index (χ3v) is 6.38. The maximum Gasteiger partial charge on any atom is 0.130 e. The van der Waals surface area contributed by atoms with Gasteiger partial charge in [-0.2, -0.15) is 15.8 Å². The molecule has 0 bridgehead atoms. The second kappa shape index (κ2) is 11.6. The van der Waals surface area contributed by atoms with Gasteiger partial charge in [0.25, 0.3) is 0 Å². The zero-order chi connectivity index (χ0) is 27.9. The fourth-order valence-corrected chi connectivity index (χ4v) is 3.96. The highest BCUT2D eigenvalue weighted by Crippen LogP contribution is 2.26. The summed E-state index contributed by atoms with van der Waals surface area (Å²) >= 11 is 0. The SMILES string of the molecule is CC(C)(C)c1ccc(/C=C/c2cc(C=C(C#N)C#N)c(/C=C/c3ccc(C(C)(C)C)cc3)cc2C#N)cc1. The summed E-state index contributed by atoms with van der Waals surface area (Å²) in [5.41, 5.74) is 7.41. The quantitative estimate of drug-likeness (QED) is 0.262. The molecule has 38 heavy (non-hydrogen) atoms. The summed E-state index contributed by atoms with van der Waals surface area (Å²) < 4.78 is 0. The minimum Gasteiger partial charge on any atom is -0.192 e. The zero-order valence-electron chi connectivity index (χ0n) is 23.0. The maximum atomic E-state index is 9.90. The highest BCUT2D eigenvalue weighted by Gasteiger charge is 2.13. The van der Waals surface area contributed by atoms with Crippen LogP contribution < -0.4 is 0 Å². The largest absolute Gasteiger partial charge is 0.192 e. The lowest BCUT2D eigenvalue weighted by Gasteiger charge is -2.18. The molecule has 0 N–H and O–H groups in total. The van der Waals surface area contributed by atoms with E-state index in [1.165, 1.54) is 11.1 Å². The van der Waals surface area contributed by atoms with E-state index in [4.69, 9.17) is 0 Å². The molecule has 3 rings (SSSR count). The summed E-state index contributed by atoms with van der Waals surface area (Å²) in [5, 5.41) is 28.6. The predicted octanol–water partition coefficient (Wildman–Crippen LogP) is 8.92. The van der Waals surface area contributed by atoms with Crippen molar-refractivity contribution < 1.29 is 0 Å². The number of nitrogens with zero attached hydrogens (tertiary/aromatic N) is 3. The van der Waals surface area contributed by atoms with Gasteiger partial charge in [-0.25, -0.2) is 0 Å². The van der Waals surface area contributed by atoms with E-state index in [1.807, 2.05) is 42.5 Å². The molecule has 0 fully saturated rings. The first-order valence-electron chi connectivity index (χ1n) is 12.6. The second-order valence-corrected chi connectivity index (χ2v) is 11.4. The van der Waals surface area contributed by atoms with Crippen molar-refractivity contribution in [1.82, 2.24) is 0 Å². The van der Waals surface area contributed by atoms with E-state index in [-0.39, 0.29) is 16.4 Å². The van der Waals surface area contributed by atoms with E-state index in [0.717, 1.165) is 22.3 Å². The third-order valence-electron chi connectivity index (χ3n) is 6.38. The van der Waals surface area contributed by atoms with Crippen LogP contribution in [0.25, 0.3) is 30.4 Å².